The number of rotatable bonds is 6. The van der Waals surface area contributed by atoms with Crippen LogP contribution in [0.5, 0.6) is 23.0 Å². The van der Waals surface area contributed by atoms with Gasteiger partial charge in [-0.15, -0.1) is 0 Å². The highest BCUT2D eigenvalue weighted by Crippen LogP contribution is 2.27. The second-order valence-electron chi connectivity index (χ2n) is 7.55. The van der Waals surface area contributed by atoms with Crippen LogP contribution in [0.4, 0.5) is 11.4 Å². The normalized spacial score (nSPS) is 11.6. The van der Waals surface area contributed by atoms with Crippen molar-refractivity contribution in [1.82, 2.24) is 0 Å². The third kappa shape index (κ3) is 5.89. The first-order valence-corrected chi connectivity index (χ1v) is 10.5. The molecule has 0 saturated heterocycles. The molecule has 4 rings (SSSR count). The molecule has 168 valence electrons. The highest BCUT2D eigenvalue weighted by atomic mass is 16.3. The first kappa shape index (κ1) is 22.4. The molecule has 4 aromatic rings. The first-order chi connectivity index (χ1) is 16.5. The summed E-state index contributed by atoms with van der Waals surface area (Å²) in [4.78, 5) is 0. The summed E-state index contributed by atoms with van der Waals surface area (Å²) in [5.41, 5.74) is 4.91. The summed E-state index contributed by atoms with van der Waals surface area (Å²) in [5, 5.41) is 46.4. The smallest absolute Gasteiger partial charge is 0.157 e. The molecular weight excluding hydrogens is 428 g/mol. The largest absolute Gasteiger partial charge is 0.504 e. The van der Waals surface area contributed by atoms with E-state index in [1.807, 2.05) is 72.8 Å². The first-order valence-electron chi connectivity index (χ1n) is 10.5. The van der Waals surface area contributed by atoms with Crippen LogP contribution in [0.3, 0.4) is 0 Å². The standard InChI is InChI=1S/C28H22N2O4/c31-25-15-9-21(17-27(25)33)3-1-19-5-11-23(12-6-19)29-30-24-13-7-20(8-14-24)2-4-22-10-16-26(32)28(34)18-22/h1-18,31-34H. The van der Waals surface area contributed by atoms with Gasteiger partial charge in [0.15, 0.2) is 23.0 Å². The lowest BCUT2D eigenvalue weighted by Crippen LogP contribution is -1.75. The highest BCUT2D eigenvalue weighted by molar-refractivity contribution is 5.72. The van der Waals surface area contributed by atoms with Gasteiger partial charge < -0.3 is 20.4 Å². The lowest BCUT2D eigenvalue weighted by Gasteiger charge is -2.00. The molecule has 0 unspecified atom stereocenters. The van der Waals surface area contributed by atoms with Gasteiger partial charge in [-0.1, -0.05) is 60.7 Å². The van der Waals surface area contributed by atoms with Gasteiger partial charge in [-0.3, -0.25) is 0 Å². The summed E-state index contributed by atoms with van der Waals surface area (Å²) in [6.45, 7) is 0. The van der Waals surface area contributed by atoms with Crippen molar-refractivity contribution in [2.75, 3.05) is 0 Å². The second-order valence-corrected chi connectivity index (χ2v) is 7.55. The Kier molecular flexibility index (Phi) is 6.70. The van der Waals surface area contributed by atoms with Gasteiger partial charge in [0, 0.05) is 0 Å². The van der Waals surface area contributed by atoms with Crippen molar-refractivity contribution in [3.63, 3.8) is 0 Å². The second kappa shape index (κ2) is 10.2. The fraction of sp³-hybridized carbons (Fsp3) is 0. The Labute approximate surface area is 196 Å². The molecular formula is C28H22N2O4. The maximum atomic E-state index is 9.57. The van der Waals surface area contributed by atoms with Gasteiger partial charge >= 0.3 is 0 Å². The predicted molar refractivity (Wildman–Crippen MR) is 134 cm³/mol. The molecule has 0 spiro atoms. The van der Waals surface area contributed by atoms with E-state index in [1.165, 1.54) is 24.3 Å². The van der Waals surface area contributed by atoms with Crippen molar-refractivity contribution in [2.45, 2.75) is 0 Å². The third-order valence-corrected chi connectivity index (χ3v) is 5.00. The van der Waals surface area contributed by atoms with E-state index in [0.717, 1.165) is 33.6 Å². The lowest BCUT2D eigenvalue weighted by atomic mass is 10.1. The summed E-state index contributed by atoms with van der Waals surface area (Å²) in [7, 11) is 0. The summed E-state index contributed by atoms with van der Waals surface area (Å²) < 4.78 is 0. The van der Waals surface area contributed by atoms with Gasteiger partial charge in [-0.05, 0) is 70.8 Å². The molecule has 6 nitrogen and oxygen atoms in total. The molecule has 0 saturated carbocycles. The minimum atomic E-state index is -0.153. The van der Waals surface area contributed by atoms with E-state index >= 15 is 0 Å². The SMILES string of the molecule is Oc1ccc(C=Cc2ccc(N=Nc3ccc(C=Cc4ccc(O)c(O)c4)cc3)cc2)cc1O. The Bertz CT molecular complexity index is 1270. The molecule has 0 fully saturated rings. The number of benzene rings is 4. The molecule has 0 aliphatic rings. The van der Waals surface area contributed by atoms with Crippen LogP contribution < -0.4 is 0 Å². The van der Waals surface area contributed by atoms with Crippen molar-refractivity contribution >= 4 is 35.7 Å². The molecule has 34 heavy (non-hydrogen) atoms. The van der Waals surface area contributed by atoms with Crippen LogP contribution in [0, 0.1) is 0 Å². The maximum absolute atomic E-state index is 9.57. The van der Waals surface area contributed by atoms with Crippen molar-refractivity contribution in [2.24, 2.45) is 10.2 Å². The number of aromatic hydroxyl groups is 4. The Morgan fingerprint density at radius 3 is 1.06 bits per heavy atom. The van der Waals surface area contributed by atoms with Crippen molar-refractivity contribution in [3.05, 3.63) is 107 Å². The zero-order chi connectivity index (χ0) is 23.9. The minimum Gasteiger partial charge on any atom is -0.504 e. The number of phenols is 4. The molecule has 0 radical (unpaired) electrons. The van der Waals surface area contributed by atoms with Gasteiger partial charge in [0.1, 0.15) is 0 Å². The summed E-state index contributed by atoms with van der Waals surface area (Å²) in [6, 6.07) is 24.4. The average molecular weight is 450 g/mol. The van der Waals surface area contributed by atoms with Gasteiger partial charge in [-0.25, -0.2) is 0 Å². The van der Waals surface area contributed by atoms with Crippen molar-refractivity contribution < 1.29 is 20.4 Å². The van der Waals surface area contributed by atoms with Crippen LogP contribution in [0.15, 0.2) is 95.2 Å². The fourth-order valence-corrected chi connectivity index (χ4v) is 3.09. The summed E-state index contributed by atoms with van der Waals surface area (Å²) in [5.74, 6) is -0.597. The number of phenolic OH excluding ortho intramolecular Hbond substituents is 4. The van der Waals surface area contributed by atoms with Crippen LogP contribution in [-0.4, -0.2) is 20.4 Å². The fourth-order valence-electron chi connectivity index (χ4n) is 3.09. The number of azo groups is 1. The van der Waals surface area contributed by atoms with Crippen LogP contribution in [0.1, 0.15) is 22.3 Å². The molecule has 4 N–H and O–H groups in total. The van der Waals surface area contributed by atoms with Crippen LogP contribution in [0.2, 0.25) is 0 Å². The van der Waals surface area contributed by atoms with Gasteiger partial charge in [0.05, 0.1) is 11.4 Å². The number of nitrogens with zero attached hydrogens (tertiary/aromatic N) is 2. The van der Waals surface area contributed by atoms with E-state index in [2.05, 4.69) is 10.2 Å². The molecule has 4 aromatic carbocycles. The Morgan fingerprint density at radius 2 is 0.706 bits per heavy atom. The van der Waals surface area contributed by atoms with Gasteiger partial charge in [0.2, 0.25) is 0 Å². The zero-order valence-corrected chi connectivity index (χ0v) is 18.1. The van der Waals surface area contributed by atoms with E-state index in [4.69, 9.17) is 0 Å². The van der Waals surface area contributed by atoms with E-state index in [1.54, 1.807) is 12.1 Å². The quantitative estimate of drug-likeness (QED) is 0.141. The van der Waals surface area contributed by atoms with Crippen molar-refractivity contribution in [3.8, 4) is 23.0 Å². The minimum absolute atomic E-state index is 0.145. The molecule has 0 amide bonds. The van der Waals surface area contributed by atoms with Crippen LogP contribution >= 0.6 is 0 Å². The number of hydrogen-bond acceptors (Lipinski definition) is 6. The van der Waals surface area contributed by atoms with Crippen molar-refractivity contribution in [1.29, 1.82) is 0 Å². The summed E-state index contributed by atoms with van der Waals surface area (Å²) in [6.07, 6.45) is 7.49. The number of hydrogen-bond donors (Lipinski definition) is 4. The molecule has 6 heteroatoms. The Balaban J connectivity index is 1.36. The van der Waals surface area contributed by atoms with E-state index in [0.29, 0.717) is 0 Å². The molecule has 0 aliphatic carbocycles. The molecule has 0 atom stereocenters. The summed E-state index contributed by atoms with van der Waals surface area (Å²) >= 11 is 0. The Hall–Kier alpha value is -4.84. The van der Waals surface area contributed by atoms with Crippen LogP contribution in [-0.2, 0) is 0 Å². The monoisotopic (exact) mass is 450 g/mol. The lowest BCUT2D eigenvalue weighted by molar-refractivity contribution is 0.403. The van der Waals surface area contributed by atoms with E-state index in [-0.39, 0.29) is 23.0 Å². The Morgan fingerprint density at radius 1 is 0.382 bits per heavy atom. The molecule has 0 aliphatic heterocycles. The third-order valence-electron chi connectivity index (χ3n) is 5.00. The van der Waals surface area contributed by atoms with Gasteiger partial charge in [0.25, 0.3) is 0 Å². The predicted octanol–water partition coefficient (Wildman–Crippen LogP) is 7.27. The molecule has 0 aromatic heterocycles. The van der Waals surface area contributed by atoms with E-state index < -0.39 is 0 Å². The highest BCUT2D eigenvalue weighted by Gasteiger charge is 1.99. The van der Waals surface area contributed by atoms with Gasteiger partial charge in [-0.2, -0.15) is 10.2 Å². The maximum Gasteiger partial charge on any atom is 0.157 e. The average Bonchev–Trinajstić information content (AvgIpc) is 2.85. The van der Waals surface area contributed by atoms with E-state index in [9.17, 15) is 20.4 Å². The zero-order valence-electron chi connectivity index (χ0n) is 18.1. The van der Waals surface area contributed by atoms with Crippen LogP contribution in [0.25, 0.3) is 24.3 Å². The molecule has 0 heterocycles. The molecule has 0 bridgehead atoms. The topological polar surface area (TPSA) is 106 Å².